The number of hydrogen-bond acceptors (Lipinski definition) is 6. The molecule has 2 atom stereocenters. The van der Waals surface area contributed by atoms with Crippen LogP contribution in [0.15, 0.2) is 18.2 Å². The quantitative estimate of drug-likeness (QED) is 0.578. The first-order valence-corrected chi connectivity index (χ1v) is 10.8. The van der Waals surface area contributed by atoms with Gasteiger partial charge in [-0.2, -0.15) is 0 Å². The van der Waals surface area contributed by atoms with Gasteiger partial charge in [0.1, 0.15) is 16.4 Å². The van der Waals surface area contributed by atoms with Crippen molar-refractivity contribution >= 4 is 21.4 Å². The molecule has 0 aromatic heterocycles. The molecule has 0 spiro atoms. The van der Waals surface area contributed by atoms with Crippen molar-refractivity contribution in [2.45, 2.75) is 43.4 Å². The van der Waals surface area contributed by atoms with Gasteiger partial charge < -0.3 is 10.1 Å². The Morgan fingerprint density at radius 2 is 2.00 bits per heavy atom. The SMILES string of the molecule is C[C@@]1(c2cc([N+](=O)[O-])ccc2F)CS(=O)(=O)[C@](C)(CC2CCOCC2)C(=N)N1. The normalized spacial score (nSPS) is 30.6. The van der Waals surface area contributed by atoms with Crippen molar-refractivity contribution in [1.82, 2.24) is 5.32 Å². The van der Waals surface area contributed by atoms with Gasteiger partial charge in [0.2, 0.25) is 0 Å². The van der Waals surface area contributed by atoms with Crippen molar-refractivity contribution in [2.75, 3.05) is 19.0 Å². The van der Waals surface area contributed by atoms with Crippen LogP contribution in [0.2, 0.25) is 0 Å². The van der Waals surface area contributed by atoms with Gasteiger partial charge in [0.25, 0.3) is 5.69 Å². The van der Waals surface area contributed by atoms with E-state index in [0.717, 1.165) is 31.0 Å². The van der Waals surface area contributed by atoms with Crippen LogP contribution in [0.5, 0.6) is 0 Å². The third-order valence-electron chi connectivity index (χ3n) is 5.87. The van der Waals surface area contributed by atoms with Gasteiger partial charge in [-0.15, -0.1) is 0 Å². The van der Waals surface area contributed by atoms with Gasteiger partial charge in [-0.25, -0.2) is 12.8 Å². The van der Waals surface area contributed by atoms with Crippen molar-refractivity contribution in [3.05, 3.63) is 39.7 Å². The van der Waals surface area contributed by atoms with Crippen LogP contribution in [-0.2, 0) is 20.1 Å². The molecule has 3 rings (SSSR count). The van der Waals surface area contributed by atoms with E-state index in [1.807, 2.05) is 0 Å². The molecule has 2 aliphatic rings. The van der Waals surface area contributed by atoms with Gasteiger partial charge in [0.15, 0.2) is 9.84 Å². The van der Waals surface area contributed by atoms with E-state index in [4.69, 9.17) is 10.1 Å². The Balaban J connectivity index is 1.96. The monoisotopic (exact) mass is 413 g/mol. The summed E-state index contributed by atoms with van der Waals surface area (Å²) in [4.78, 5) is 10.4. The van der Waals surface area contributed by atoms with Crippen molar-refractivity contribution in [3.8, 4) is 0 Å². The van der Waals surface area contributed by atoms with E-state index >= 15 is 0 Å². The lowest BCUT2D eigenvalue weighted by Gasteiger charge is -2.46. The topological polar surface area (TPSA) is 122 Å². The molecule has 2 heterocycles. The standard InChI is InChI=1S/C18H24FN3O5S/c1-17(14-9-13(22(23)24)3-4-15(14)19)11-28(25,26)18(2,16(20)21-17)10-12-5-7-27-8-6-12/h3-4,9,12H,5-8,10-11H2,1-2H3,(H2,20,21)/t17-,18+/m0/s1. The summed E-state index contributed by atoms with van der Waals surface area (Å²) in [7, 11) is -3.84. The Morgan fingerprint density at radius 1 is 1.36 bits per heavy atom. The summed E-state index contributed by atoms with van der Waals surface area (Å²) in [6.45, 7) is 4.11. The smallest absolute Gasteiger partial charge is 0.269 e. The van der Waals surface area contributed by atoms with Crippen LogP contribution < -0.4 is 5.32 Å². The summed E-state index contributed by atoms with van der Waals surface area (Å²) in [6, 6.07) is 3.01. The minimum atomic E-state index is -3.84. The van der Waals surface area contributed by atoms with Crippen molar-refractivity contribution in [3.63, 3.8) is 0 Å². The van der Waals surface area contributed by atoms with E-state index in [2.05, 4.69) is 5.32 Å². The van der Waals surface area contributed by atoms with E-state index in [1.54, 1.807) is 0 Å². The summed E-state index contributed by atoms with van der Waals surface area (Å²) in [5.74, 6) is -1.30. The second-order valence-corrected chi connectivity index (χ2v) is 10.4. The van der Waals surface area contributed by atoms with Gasteiger partial charge in [-0.05, 0) is 45.1 Å². The molecule has 8 nitrogen and oxygen atoms in total. The molecule has 1 aromatic carbocycles. The Morgan fingerprint density at radius 3 is 2.57 bits per heavy atom. The predicted octanol–water partition coefficient (Wildman–Crippen LogP) is 2.52. The molecule has 2 saturated heterocycles. The molecule has 0 radical (unpaired) electrons. The second kappa shape index (κ2) is 7.07. The molecular formula is C18H24FN3O5S. The Labute approximate surface area is 163 Å². The van der Waals surface area contributed by atoms with Crippen molar-refractivity contribution in [1.29, 1.82) is 5.41 Å². The number of amidine groups is 1. The lowest BCUT2D eigenvalue weighted by molar-refractivity contribution is -0.385. The molecule has 1 aromatic rings. The van der Waals surface area contributed by atoms with Crippen LogP contribution in [0.4, 0.5) is 10.1 Å². The van der Waals surface area contributed by atoms with E-state index in [0.29, 0.717) is 13.2 Å². The molecular weight excluding hydrogens is 389 g/mol. The zero-order valence-electron chi connectivity index (χ0n) is 15.8. The lowest BCUT2D eigenvalue weighted by Crippen LogP contribution is -2.65. The summed E-state index contributed by atoms with van der Waals surface area (Å²) in [6.07, 6.45) is 1.75. The number of halogens is 1. The fourth-order valence-corrected chi connectivity index (χ4v) is 6.22. The van der Waals surface area contributed by atoms with Crippen LogP contribution >= 0.6 is 0 Å². The maximum atomic E-state index is 14.5. The number of nitro groups is 1. The molecule has 0 saturated carbocycles. The minimum Gasteiger partial charge on any atom is -0.381 e. The molecule has 0 aliphatic carbocycles. The molecule has 28 heavy (non-hydrogen) atoms. The molecule has 10 heteroatoms. The lowest BCUT2D eigenvalue weighted by atomic mass is 9.86. The Hall–Kier alpha value is -2.07. The fourth-order valence-electron chi connectivity index (χ4n) is 4.06. The second-order valence-electron chi connectivity index (χ2n) is 8.00. The molecule has 0 unspecified atom stereocenters. The van der Waals surface area contributed by atoms with E-state index < -0.39 is 36.6 Å². The first-order valence-electron chi connectivity index (χ1n) is 9.10. The van der Waals surface area contributed by atoms with E-state index in [1.165, 1.54) is 13.8 Å². The number of nitrogens with zero attached hydrogens (tertiary/aromatic N) is 1. The van der Waals surface area contributed by atoms with E-state index in [9.17, 15) is 22.9 Å². The fraction of sp³-hybridized carbons (Fsp3) is 0.611. The highest BCUT2D eigenvalue weighted by molar-refractivity contribution is 7.93. The van der Waals surface area contributed by atoms with Gasteiger partial charge in [-0.1, -0.05) is 0 Å². The highest BCUT2D eigenvalue weighted by Gasteiger charge is 2.54. The third kappa shape index (κ3) is 3.50. The summed E-state index contributed by atoms with van der Waals surface area (Å²) >= 11 is 0. The number of rotatable bonds is 4. The summed E-state index contributed by atoms with van der Waals surface area (Å²) in [5, 5.41) is 22.4. The van der Waals surface area contributed by atoms with Crippen LogP contribution in [0, 0.1) is 27.3 Å². The van der Waals surface area contributed by atoms with Crippen LogP contribution in [-0.4, -0.2) is 42.9 Å². The highest BCUT2D eigenvalue weighted by atomic mass is 32.2. The number of hydrogen-bond donors (Lipinski definition) is 2. The number of sulfone groups is 1. The maximum absolute atomic E-state index is 14.5. The summed E-state index contributed by atoms with van der Waals surface area (Å²) < 4.78 is 44.9. The first kappa shape index (κ1) is 20.7. The number of nitrogens with one attached hydrogen (secondary N) is 2. The third-order valence-corrected chi connectivity index (χ3v) is 8.57. The van der Waals surface area contributed by atoms with Gasteiger partial charge >= 0.3 is 0 Å². The number of nitro benzene ring substituents is 1. The number of ether oxygens (including phenoxy) is 1. The predicted molar refractivity (Wildman–Crippen MR) is 102 cm³/mol. The van der Waals surface area contributed by atoms with Crippen molar-refractivity contribution < 1.29 is 22.5 Å². The first-order chi connectivity index (χ1) is 13.0. The molecule has 2 aliphatic heterocycles. The average molecular weight is 413 g/mol. The van der Waals surface area contributed by atoms with Crippen LogP contribution in [0.25, 0.3) is 0 Å². The number of non-ortho nitro benzene ring substituents is 1. The Kier molecular flexibility index (Phi) is 5.22. The Bertz CT molecular complexity index is 916. The van der Waals surface area contributed by atoms with E-state index in [-0.39, 0.29) is 29.4 Å². The minimum absolute atomic E-state index is 0.120. The zero-order valence-corrected chi connectivity index (χ0v) is 16.6. The van der Waals surface area contributed by atoms with Crippen LogP contribution in [0.1, 0.15) is 38.7 Å². The van der Waals surface area contributed by atoms with Gasteiger partial charge in [0.05, 0.1) is 16.2 Å². The summed E-state index contributed by atoms with van der Waals surface area (Å²) in [5.41, 5.74) is -1.94. The van der Waals surface area contributed by atoms with Gasteiger partial charge in [-0.3, -0.25) is 15.5 Å². The molecule has 0 amide bonds. The molecule has 2 fully saturated rings. The highest BCUT2D eigenvalue weighted by Crippen LogP contribution is 2.40. The molecule has 2 N–H and O–H groups in total. The van der Waals surface area contributed by atoms with Gasteiger partial charge in [0, 0.05) is 30.9 Å². The molecule has 0 bridgehead atoms. The molecule has 154 valence electrons. The van der Waals surface area contributed by atoms with Crippen LogP contribution in [0.3, 0.4) is 0 Å². The number of benzene rings is 1. The van der Waals surface area contributed by atoms with Crippen molar-refractivity contribution in [2.24, 2.45) is 5.92 Å². The maximum Gasteiger partial charge on any atom is 0.269 e. The zero-order chi connectivity index (χ0) is 20.7. The average Bonchev–Trinajstić information content (AvgIpc) is 2.60. The largest absolute Gasteiger partial charge is 0.381 e.